The van der Waals surface area contributed by atoms with Crippen molar-refractivity contribution in [3.8, 4) is 0 Å². The Morgan fingerprint density at radius 1 is 1.15 bits per heavy atom. The van der Waals surface area contributed by atoms with Gasteiger partial charge in [0.1, 0.15) is 5.52 Å². The maximum Gasteiger partial charge on any atom is 0.348 e. The molecule has 0 amide bonds. The molecule has 2 aromatic heterocycles. The van der Waals surface area contributed by atoms with Crippen molar-refractivity contribution in [1.29, 1.82) is 0 Å². The number of Topliss-reactive ketones (excluding diaryl/α,β-unsaturated/α-hetero) is 1. The fourth-order valence-electron chi connectivity index (χ4n) is 3.26. The molecule has 0 saturated carbocycles. The third-order valence-corrected chi connectivity index (χ3v) is 6.33. The number of ketones is 1. The molecule has 1 aliphatic heterocycles. The highest BCUT2D eigenvalue weighted by atomic mass is 32.2. The van der Waals surface area contributed by atoms with Crippen molar-refractivity contribution in [3.63, 3.8) is 0 Å². The number of benzene rings is 1. The van der Waals surface area contributed by atoms with Crippen LogP contribution in [0.4, 0.5) is 0 Å². The van der Waals surface area contributed by atoms with Gasteiger partial charge in [0.15, 0.2) is 15.6 Å². The monoisotopic (exact) mass is 372 g/mol. The Bertz CT molecular complexity index is 1150. The van der Waals surface area contributed by atoms with Gasteiger partial charge in [0.05, 0.1) is 42.0 Å². The van der Waals surface area contributed by atoms with E-state index in [9.17, 15) is 18.0 Å². The lowest BCUT2D eigenvalue weighted by atomic mass is 10.1. The molecule has 1 aliphatic rings. The van der Waals surface area contributed by atoms with Gasteiger partial charge in [0, 0.05) is 5.56 Å². The Hall–Kier alpha value is -2.81. The smallest absolute Gasteiger partial charge is 0.292 e. The second-order valence-corrected chi connectivity index (χ2v) is 8.56. The average molecular weight is 372 g/mol. The molecule has 8 nitrogen and oxygen atoms in total. The summed E-state index contributed by atoms with van der Waals surface area (Å²) < 4.78 is 26.3. The summed E-state index contributed by atoms with van der Waals surface area (Å²) in [6, 6.07) is 8.42. The molecule has 0 N–H and O–H groups in total. The summed E-state index contributed by atoms with van der Waals surface area (Å²) in [7, 11) is -3.07. The lowest BCUT2D eigenvalue weighted by Gasteiger charge is -2.11. The summed E-state index contributed by atoms with van der Waals surface area (Å²) in [6.45, 7) is -0.151. The summed E-state index contributed by atoms with van der Waals surface area (Å²) in [4.78, 5) is 28.5. The van der Waals surface area contributed by atoms with E-state index in [2.05, 4.69) is 10.1 Å². The first kappa shape index (κ1) is 16.6. The number of sulfone groups is 1. The predicted octanol–water partition coefficient (Wildman–Crippen LogP) is 0.835. The highest BCUT2D eigenvalue weighted by Gasteiger charge is 2.31. The molecule has 0 unspecified atom stereocenters. The maximum absolute atomic E-state index is 12.5. The number of fused-ring (bicyclic) bond motifs is 1. The number of carbonyl (C=O) groups excluding carboxylic acids is 1. The van der Waals surface area contributed by atoms with Crippen molar-refractivity contribution in [1.82, 2.24) is 19.3 Å². The van der Waals surface area contributed by atoms with Crippen LogP contribution in [0.5, 0.6) is 0 Å². The number of hydrogen-bond donors (Lipinski definition) is 0. The first-order valence-corrected chi connectivity index (χ1v) is 9.98. The van der Waals surface area contributed by atoms with Crippen LogP contribution in [0.25, 0.3) is 11.0 Å². The van der Waals surface area contributed by atoms with Gasteiger partial charge in [-0.3, -0.25) is 14.0 Å². The molecule has 134 valence electrons. The van der Waals surface area contributed by atoms with Crippen molar-refractivity contribution in [2.75, 3.05) is 11.5 Å². The number of aromatic nitrogens is 4. The van der Waals surface area contributed by atoms with Crippen LogP contribution in [0, 0.1) is 0 Å². The van der Waals surface area contributed by atoms with Crippen LogP contribution in [0.2, 0.25) is 0 Å². The summed E-state index contributed by atoms with van der Waals surface area (Å²) >= 11 is 0. The number of nitrogens with zero attached hydrogens (tertiary/aromatic N) is 4. The third kappa shape index (κ3) is 2.94. The van der Waals surface area contributed by atoms with Crippen molar-refractivity contribution in [3.05, 3.63) is 58.8 Å². The van der Waals surface area contributed by atoms with Gasteiger partial charge in [-0.05, 0) is 6.42 Å². The molecule has 3 aromatic rings. The molecule has 3 heterocycles. The minimum atomic E-state index is -3.07. The summed E-state index contributed by atoms with van der Waals surface area (Å²) in [5, 5.41) is 4.27. The van der Waals surface area contributed by atoms with Crippen LogP contribution < -0.4 is 5.69 Å². The Morgan fingerprint density at radius 3 is 2.62 bits per heavy atom. The Kier molecular flexibility index (Phi) is 3.95. The van der Waals surface area contributed by atoms with Gasteiger partial charge in [-0.25, -0.2) is 13.2 Å². The quantitative estimate of drug-likeness (QED) is 0.629. The van der Waals surface area contributed by atoms with Crippen molar-refractivity contribution < 1.29 is 13.2 Å². The zero-order chi connectivity index (χ0) is 18.3. The largest absolute Gasteiger partial charge is 0.348 e. The van der Waals surface area contributed by atoms with Crippen molar-refractivity contribution >= 4 is 26.7 Å². The van der Waals surface area contributed by atoms with E-state index < -0.39 is 15.5 Å². The van der Waals surface area contributed by atoms with E-state index in [1.54, 1.807) is 28.9 Å². The second-order valence-electron chi connectivity index (χ2n) is 6.33. The second kappa shape index (κ2) is 6.17. The topological polar surface area (TPSA) is 104 Å². The summed E-state index contributed by atoms with van der Waals surface area (Å²) in [6.07, 6.45) is 3.35. The first-order chi connectivity index (χ1) is 12.4. The molecule has 0 bridgehead atoms. The lowest BCUT2D eigenvalue weighted by Crippen LogP contribution is -2.26. The van der Waals surface area contributed by atoms with Crippen LogP contribution in [-0.2, 0) is 16.4 Å². The molecule has 0 aliphatic carbocycles. The fraction of sp³-hybridized carbons (Fsp3) is 0.294. The van der Waals surface area contributed by atoms with E-state index in [0.717, 1.165) is 0 Å². The zero-order valence-electron chi connectivity index (χ0n) is 13.8. The Balaban J connectivity index is 1.73. The highest BCUT2D eigenvalue weighted by Crippen LogP contribution is 2.26. The summed E-state index contributed by atoms with van der Waals surface area (Å²) in [5.41, 5.74) is 0.984. The van der Waals surface area contributed by atoms with E-state index in [1.807, 2.05) is 6.07 Å². The first-order valence-electron chi connectivity index (χ1n) is 8.16. The van der Waals surface area contributed by atoms with Gasteiger partial charge in [0.2, 0.25) is 0 Å². The zero-order valence-corrected chi connectivity index (χ0v) is 14.6. The Labute approximate surface area is 149 Å². The fourth-order valence-corrected chi connectivity index (χ4v) is 4.95. The van der Waals surface area contributed by atoms with Crippen LogP contribution in [0.3, 0.4) is 0 Å². The van der Waals surface area contributed by atoms with Gasteiger partial charge in [-0.2, -0.15) is 10.1 Å². The van der Waals surface area contributed by atoms with E-state index in [1.165, 1.54) is 17.0 Å². The molecule has 0 radical (unpaired) electrons. The van der Waals surface area contributed by atoms with E-state index in [-0.39, 0.29) is 29.9 Å². The van der Waals surface area contributed by atoms with Crippen LogP contribution in [0.1, 0.15) is 22.8 Å². The van der Waals surface area contributed by atoms with Crippen LogP contribution >= 0.6 is 0 Å². The molecular formula is C17H16N4O4S. The molecule has 0 spiro atoms. The van der Waals surface area contributed by atoms with Gasteiger partial charge < -0.3 is 0 Å². The minimum absolute atomic E-state index is 0.0197. The van der Waals surface area contributed by atoms with Crippen LogP contribution in [0.15, 0.2) is 47.5 Å². The molecule has 1 atom stereocenters. The lowest BCUT2D eigenvalue weighted by molar-refractivity contribution is 0.0972. The molecular weight excluding hydrogens is 356 g/mol. The number of carbonyl (C=O) groups is 1. The minimum Gasteiger partial charge on any atom is -0.292 e. The van der Waals surface area contributed by atoms with E-state index in [4.69, 9.17) is 0 Å². The molecule has 1 fully saturated rings. The van der Waals surface area contributed by atoms with E-state index in [0.29, 0.717) is 23.0 Å². The average Bonchev–Trinajstić information content (AvgIpc) is 3.21. The molecule has 26 heavy (non-hydrogen) atoms. The van der Waals surface area contributed by atoms with Crippen molar-refractivity contribution in [2.45, 2.75) is 19.0 Å². The molecule has 9 heteroatoms. The van der Waals surface area contributed by atoms with Gasteiger partial charge in [-0.1, -0.05) is 30.3 Å². The van der Waals surface area contributed by atoms with Crippen molar-refractivity contribution in [2.24, 2.45) is 0 Å². The Morgan fingerprint density at radius 2 is 1.92 bits per heavy atom. The highest BCUT2D eigenvalue weighted by molar-refractivity contribution is 7.91. The third-order valence-electron chi connectivity index (χ3n) is 4.58. The molecule has 1 saturated heterocycles. The van der Waals surface area contributed by atoms with Gasteiger partial charge >= 0.3 is 5.69 Å². The molecule has 4 rings (SSSR count). The van der Waals surface area contributed by atoms with Crippen LogP contribution in [-0.4, -0.2) is 45.0 Å². The van der Waals surface area contributed by atoms with E-state index >= 15 is 0 Å². The molecule has 1 aromatic carbocycles. The standard InChI is InChI=1S/C17H16N4O4S/c22-16(12-4-2-1-3-5-12)10-20-14-9-19-21(15(14)8-18-17(20)23)13-6-7-26(24,25)11-13/h1-5,8-9,13H,6-7,10-11H2/t13-/m0/s1. The normalized spacial score (nSPS) is 19.0. The maximum atomic E-state index is 12.5. The number of rotatable bonds is 4. The number of hydrogen-bond acceptors (Lipinski definition) is 6. The van der Waals surface area contributed by atoms with Gasteiger partial charge in [0.25, 0.3) is 0 Å². The van der Waals surface area contributed by atoms with Gasteiger partial charge in [-0.15, -0.1) is 0 Å². The predicted molar refractivity (Wildman–Crippen MR) is 94.9 cm³/mol. The SMILES string of the molecule is O=C(Cn1c(=O)ncc2c1cnn2[C@H]1CCS(=O)(=O)C1)c1ccccc1. The summed E-state index contributed by atoms with van der Waals surface area (Å²) in [5.74, 6) is -0.0667.